The lowest BCUT2D eigenvalue weighted by Gasteiger charge is -2.31. The van der Waals surface area contributed by atoms with Crippen LogP contribution in [0.25, 0.3) is 0 Å². The molecule has 0 saturated carbocycles. The molecule has 41 heavy (non-hydrogen) atoms. The largest absolute Gasteiger partial charge is 0.445 e. The number of amides is 1. The molecule has 0 aliphatic rings. The topological polar surface area (TPSA) is 83.1 Å². The fraction of sp³-hybridized carbons (Fsp3) is 0.235. The summed E-state index contributed by atoms with van der Waals surface area (Å²) in [6.45, 7) is 1.04. The normalized spacial score (nSPS) is 13.1. The number of carbonyl (C=O) groups excluding carboxylic acids is 2. The monoisotopic (exact) mass is 553 g/mol. The molecule has 7 heteroatoms. The highest BCUT2D eigenvalue weighted by atomic mass is 16.6. The molecule has 4 rings (SSSR count). The summed E-state index contributed by atoms with van der Waals surface area (Å²) in [4.78, 5) is 25.1. The first-order chi connectivity index (χ1) is 20.2. The molecular weight excluding hydrogens is 518 g/mol. The van der Waals surface area contributed by atoms with Gasteiger partial charge in [0.25, 0.3) is 0 Å². The summed E-state index contributed by atoms with van der Waals surface area (Å²) in [6.07, 6.45) is -1.63. The second-order valence-corrected chi connectivity index (χ2v) is 9.46. The van der Waals surface area contributed by atoms with E-state index < -0.39 is 24.3 Å². The Morgan fingerprint density at radius 1 is 0.610 bits per heavy atom. The van der Waals surface area contributed by atoms with Crippen LogP contribution in [0.15, 0.2) is 121 Å². The second-order valence-electron chi connectivity index (χ2n) is 9.46. The third-order valence-corrected chi connectivity index (χ3v) is 6.35. The molecule has 4 aromatic carbocycles. The van der Waals surface area contributed by atoms with E-state index in [9.17, 15) is 9.59 Å². The Kier molecular flexibility index (Phi) is 12.1. The minimum Gasteiger partial charge on any atom is -0.445 e. The summed E-state index contributed by atoms with van der Waals surface area (Å²) >= 11 is 0. The van der Waals surface area contributed by atoms with Gasteiger partial charge in [0.1, 0.15) is 31.1 Å². The van der Waals surface area contributed by atoms with Crippen LogP contribution in [0.4, 0.5) is 4.79 Å². The van der Waals surface area contributed by atoms with Crippen molar-refractivity contribution >= 4 is 12.4 Å². The maximum Gasteiger partial charge on any atom is 0.408 e. The predicted molar refractivity (Wildman–Crippen MR) is 156 cm³/mol. The van der Waals surface area contributed by atoms with Gasteiger partial charge in [-0.1, -0.05) is 121 Å². The molecule has 4 aromatic rings. The summed E-state index contributed by atoms with van der Waals surface area (Å²) < 4.78 is 24.0. The molecule has 0 spiro atoms. The van der Waals surface area contributed by atoms with Gasteiger partial charge in [-0.25, -0.2) is 4.79 Å². The Balaban J connectivity index is 1.50. The van der Waals surface area contributed by atoms with Crippen molar-refractivity contribution in [3.05, 3.63) is 144 Å². The molecular formula is C34H35NO6. The zero-order valence-electron chi connectivity index (χ0n) is 22.8. The van der Waals surface area contributed by atoms with Gasteiger partial charge >= 0.3 is 6.09 Å². The number of carbonyl (C=O) groups is 2. The van der Waals surface area contributed by atoms with E-state index in [-0.39, 0.29) is 26.4 Å². The third-order valence-electron chi connectivity index (χ3n) is 6.35. The quantitative estimate of drug-likeness (QED) is 0.175. The number of aldehydes is 1. The first kappa shape index (κ1) is 29.7. The molecule has 0 radical (unpaired) electrons. The molecule has 0 heterocycles. The van der Waals surface area contributed by atoms with E-state index >= 15 is 0 Å². The zero-order valence-corrected chi connectivity index (χ0v) is 22.8. The molecule has 0 fully saturated rings. The third kappa shape index (κ3) is 10.3. The highest BCUT2D eigenvalue weighted by molar-refractivity contribution is 5.73. The van der Waals surface area contributed by atoms with Gasteiger partial charge in [0.05, 0.1) is 26.4 Å². The van der Waals surface area contributed by atoms with E-state index in [0.29, 0.717) is 12.9 Å². The van der Waals surface area contributed by atoms with E-state index in [1.165, 1.54) is 0 Å². The van der Waals surface area contributed by atoms with Crippen LogP contribution in [0.2, 0.25) is 0 Å². The molecule has 0 saturated heterocycles. The minimum absolute atomic E-state index is 0.0713. The molecule has 7 nitrogen and oxygen atoms in total. The summed E-state index contributed by atoms with van der Waals surface area (Å²) in [6, 6.07) is 37.4. The lowest BCUT2D eigenvalue weighted by atomic mass is 10.1. The first-order valence-corrected chi connectivity index (χ1v) is 13.6. The Morgan fingerprint density at radius 2 is 1.05 bits per heavy atom. The van der Waals surface area contributed by atoms with Gasteiger partial charge in [-0.3, -0.25) is 0 Å². The summed E-state index contributed by atoms with van der Waals surface area (Å²) in [5, 5.41) is 2.67. The Hall–Kier alpha value is -4.30. The van der Waals surface area contributed by atoms with Gasteiger partial charge in [-0.15, -0.1) is 0 Å². The van der Waals surface area contributed by atoms with Gasteiger partial charge in [0.15, 0.2) is 0 Å². The van der Waals surface area contributed by atoms with E-state index in [1.807, 2.05) is 121 Å². The SMILES string of the molecule is O=C[C@@H](NC(=O)OCc1ccccc1)[C@H](OCc1ccccc1)[C@H](COCc1ccccc1)OCc1ccccc1. The van der Waals surface area contributed by atoms with Crippen molar-refractivity contribution in [2.24, 2.45) is 0 Å². The van der Waals surface area contributed by atoms with Gasteiger partial charge in [0.2, 0.25) is 0 Å². The van der Waals surface area contributed by atoms with Gasteiger partial charge < -0.3 is 29.1 Å². The number of hydrogen-bond donors (Lipinski definition) is 1. The van der Waals surface area contributed by atoms with Crippen LogP contribution >= 0.6 is 0 Å². The smallest absolute Gasteiger partial charge is 0.408 e. The fourth-order valence-corrected chi connectivity index (χ4v) is 4.19. The average molecular weight is 554 g/mol. The molecule has 0 aliphatic carbocycles. The van der Waals surface area contributed by atoms with Crippen molar-refractivity contribution in [1.29, 1.82) is 0 Å². The Labute approximate surface area is 241 Å². The predicted octanol–water partition coefficient (Wildman–Crippen LogP) is 5.87. The molecule has 0 unspecified atom stereocenters. The first-order valence-electron chi connectivity index (χ1n) is 13.6. The van der Waals surface area contributed by atoms with Crippen LogP contribution in [0, 0.1) is 0 Å². The summed E-state index contributed by atoms with van der Waals surface area (Å²) in [7, 11) is 0. The molecule has 1 N–H and O–H groups in total. The molecule has 3 atom stereocenters. The van der Waals surface area contributed by atoms with Crippen molar-refractivity contribution in [2.45, 2.75) is 44.7 Å². The number of ether oxygens (including phenoxy) is 4. The standard InChI is InChI=1S/C34H35NO6/c36-21-31(35-34(37)41-25-30-19-11-4-12-20-30)33(40-24-29-17-9-3-10-18-29)32(39-23-28-15-7-2-8-16-28)26-38-22-27-13-5-1-6-14-27/h1-21,31-33H,22-26H2,(H,35,37)/t31-,32+,33+/m1/s1. The maximum atomic E-state index is 12.7. The molecule has 1 amide bonds. The van der Waals surface area contributed by atoms with Crippen LogP contribution in [0.5, 0.6) is 0 Å². The highest BCUT2D eigenvalue weighted by Gasteiger charge is 2.33. The second kappa shape index (κ2) is 16.7. The van der Waals surface area contributed by atoms with Crippen LogP contribution in [-0.2, 0) is 50.2 Å². The van der Waals surface area contributed by atoms with Crippen molar-refractivity contribution in [3.8, 4) is 0 Å². The van der Waals surface area contributed by atoms with E-state index in [4.69, 9.17) is 18.9 Å². The van der Waals surface area contributed by atoms with E-state index in [1.54, 1.807) is 0 Å². The molecule has 212 valence electrons. The van der Waals surface area contributed by atoms with Crippen molar-refractivity contribution in [1.82, 2.24) is 5.32 Å². The van der Waals surface area contributed by atoms with Crippen molar-refractivity contribution in [3.63, 3.8) is 0 Å². The molecule has 0 aromatic heterocycles. The Bertz CT molecular complexity index is 1290. The van der Waals surface area contributed by atoms with Crippen LogP contribution < -0.4 is 5.32 Å². The van der Waals surface area contributed by atoms with E-state index in [0.717, 1.165) is 22.3 Å². The average Bonchev–Trinajstić information content (AvgIpc) is 3.03. The van der Waals surface area contributed by atoms with Crippen molar-refractivity contribution < 1.29 is 28.5 Å². The summed E-state index contributed by atoms with van der Waals surface area (Å²) in [5.74, 6) is 0. The Morgan fingerprint density at radius 3 is 1.54 bits per heavy atom. The van der Waals surface area contributed by atoms with Gasteiger partial charge in [-0.2, -0.15) is 0 Å². The van der Waals surface area contributed by atoms with Gasteiger partial charge in [-0.05, 0) is 22.3 Å². The van der Waals surface area contributed by atoms with Crippen LogP contribution in [0.1, 0.15) is 22.3 Å². The molecule has 0 aliphatic heterocycles. The summed E-state index contributed by atoms with van der Waals surface area (Å²) in [5.41, 5.74) is 3.72. The van der Waals surface area contributed by atoms with E-state index in [2.05, 4.69) is 5.32 Å². The fourth-order valence-electron chi connectivity index (χ4n) is 4.19. The number of benzene rings is 4. The van der Waals surface area contributed by atoms with Crippen LogP contribution in [0.3, 0.4) is 0 Å². The van der Waals surface area contributed by atoms with Crippen molar-refractivity contribution in [2.75, 3.05) is 6.61 Å². The molecule has 0 bridgehead atoms. The number of hydrogen-bond acceptors (Lipinski definition) is 6. The number of alkyl carbamates (subject to hydrolysis) is 1. The lowest BCUT2D eigenvalue weighted by molar-refractivity contribution is -0.136. The van der Waals surface area contributed by atoms with Gasteiger partial charge in [0, 0.05) is 0 Å². The number of rotatable bonds is 16. The lowest BCUT2D eigenvalue weighted by Crippen LogP contribution is -2.53. The minimum atomic E-state index is -1.05. The zero-order chi connectivity index (χ0) is 28.5. The van der Waals surface area contributed by atoms with Crippen LogP contribution in [-0.4, -0.2) is 37.2 Å². The highest BCUT2D eigenvalue weighted by Crippen LogP contribution is 2.17. The maximum absolute atomic E-state index is 12.7. The number of nitrogens with one attached hydrogen (secondary N) is 1.